The van der Waals surface area contributed by atoms with Crippen LogP contribution < -0.4 is 10.9 Å². The minimum atomic E-state index is -0.323. The number of nitrogens with zero attached hydrogens (tertiary/aromatic N) is 2. The van der Waals surface area contributed by atoms with Gasteiger partial charge in [0.25, 0.3) is 5.56 Å². The molecule has 1 aromatic rings. The fourth-order valence-corrected chi connectivity index (χ4v) is 2.21. The zero-order valence-corrected chi connectivity index (χ0v) is 10.1. The van der Waals surface area contributed by atoms with Gasteiger partial charge in [-0.05, 0) is 18.9 Å². The molecule has 0 aliphatic heterocycles. The lowest BCUT2D eigenvalue weighted by molar-refractivity contribution is -0.122. The van der Waals surface area contributed by atoms with Gasteiger partial charge in [0.15, 0.2) is 0 Å². The molecular weight excluding hydrogens is 230 g/mol. The van der Waals surface area contributed by atoms with Gasteiger partial charge in [0, 0.05) is 18.3 Å². The fraction of sp³-hybridized carbons (Fsp3) is 0.462. The number of pyridine rings is 1. The smallest absolute Gasteiger partial charge is 0.252 e. The maximum absolute atomic E-state index is 11.7. The lowest BCUT2D eigenvalue weighted by Gasteiger charge is -2.12. The van der Waals surface area contributed by atoms with E-state index in [1.807, 2.05) is 6.07 Å². The number of rotatable bonds is 3. The summed E-state index contributed by atoms with van der Waals surface area (Å²) < 4.78 is 1.31. The number of amides is 1. The Bertz CT molecular complexity index is 536. The number of hydrogen-bond donors (Lipinski definition) is 1. The van der Waals surface area contributed by atoms with Crippen molar-refractivity contribution in [1.82, 2.24) is 9.88 Å². The molecular formula is C13H15N3O2. The Hall–Kier alpha value is -2.09. The van der Waals surface area contributed by atoms with Crippen molar-refractivity contribution < 1.29 is 4.79 Å². The highest BCUT2D eigenvalue weighted by Crippen LogP contribution is 2.17. The first-order valence-electron chi connectivity index (χ1n) is 6.09. The van der Waals surface area contributed by atoms with E-state index in [0.717, 1.165) is 25.7 Å². The van der Waals surface area contributed by atoms with Gasteiger partial charge >= 0.3 is 0 Å². The summed E-state index contributed by atoms with van der Waals surface area (Å²) in [6.45, 7) is 0.0149. The molecule has 1 aliphatic carbocycles. The number of carbonyl (C=O) groups is 1. The largest absolute Gasteiger partial charge is 0.352 e. The highest BCUT2D eigenvalue weighted by molar-refractivity contribution is 5.76. The van der Waals surface area contributed by atoms with Gasteiger partial charge in [0.1, 0.15) is 6.54 Å². The summed E-state index contributed by atoms with van der Waals surface area (Å²) in [6.07, 6.45) is 5.83. The van der Waals surface area contributed by atoms with Gasteiger partial charge in [0.05, 0.1) is 11.6 Å². The van der Waals surface area contributed by atoms with Gasteiger partial charge in [-0.1, -0.05) is 12.8 Å². The Balaban J connectivity index is 1.98. The summed E-state index contributed by atoms with van der Waals surface area (Å²) in [5, 5.41) is 11.6. The molecule has 5 heteroatoms. The van der Waals surface area contributed by atoms with Crippen LogP contribution in [0.5, 0.6) is 0 Å². The van der Waals surface area contributed by atoms with Crippen molar-refractivity contribution in [3.63, 3.8) is 0 Å². The van der Waals surface area contributed by atoms with Crippen molar-refractivity contribution >= 4 is 5.91 Å². The first-order chi connectivity index (χ1) is 8.69. The second-order valence-corrected chi connectivity index (χ2v) is 4.54. The third-order valence-electron chi connectivity index (χ3n) is 3.16. The summed E-state index contributed by atoms with van der Waals surface area (Å²) >= 11 is 0. The normalized spacial score (nSPS) is 15.3. The van der Waals surface area contributed by atoms with E-state index >= 15 is 0 Å². The number of nitrogens with one attached hydrogen (secondary N) is 1. The van der Waals surface area contributed by atoms with E-state index in [1.165, 1.54) is 22.9 Å². The molecule has 1 aromatic heterocycles. The van der Waals surface area contributed by atoms with Crippen molar-refractivity contribution in [2.24, 2.45) is 0 Å². The second-order valence-electron chi connectivity index (χ2n) is 4.54. The van der Waals surface area contributed by atoms with E-state index in [0.29, 0.717) is 5.56 Å². The van der Waals surface area contributed by atoms with E-state index in [1.54, 1.807) is 0 Å². The number of carbonyl (C=O) groups excluding carboxylic acids is 1. The molecule has 1 fully saturated rings. The average Bonchev–Trinajstić information content (AvgIpc) is 2.84. The topological polar surface area (TPSA) is 74.9 Å². The van der Waals surface area contributed by atoms with E-state index in [9.17, 15) is 9.59 Å². The Kier molecular flexibility index (Phi) is 3.78. The van der Waals surface area contributed by atoms with Gasteiger partial charge in [-0.2, -0.15) is 5.26 Å². The lowest BCUT2D eigenvalue weighted by atomic mass is 10.2. The van der Waals surface area contributed by atoms with Gasteiger partial charge in [-0.15, -0.1) is 0 Å². The van der Waals surface area contributed by atoms with E-state index in [-0.39, 0.29) is 24.1 Å². The molecule has 1 aliphatic rings. The van der Waals surface area contributed by atoms with Crippen LogP contribution in [0, 0.1) is 11.3 Å². The minimum Gasteiger partial charge on any atom is -0.352 e. The summed E-state index contributed by atoms with van der Waals surface area (Å²) in [4.78, 5) is 23.3. The molecule has 1 N–H and O–H groups in total. The summed E-state index contributed by atoms with van der Waals surface area (Å²) in [5.74, 6) is -0.145. The molecule has 94 valence electrons. The zero-order chi connectivity index (χ0) is 13.0. The Labute approximate surface area is 105 Å². The zero-order valence-electron chi connectivity index (χ0n) is 10.1. The lowest BCUT2D eigenvalue weighted by Crippen LogP contribution is -2.37. The maximum Gasteiger partial charge on any atom is 0.252 e. The monoisotopic (exact) mass is 245 g/mol. The van der Waals surface area contributed by atoms with Crippen LogP contribution in [-0.2, 0) is 11.3 Å². The number of nitriles is 1. The van der Waals surface area contributed by atoms with Gasteiger partial charge in [0.2, 0.25) is 5.91 Å². The fourth-order valence-electron chi connectivity index (χ4n) is 2.21. The van der Waals surface area contributed by atoms with Gasteiger partial charge < -0.3 is 9.88 Å². The van der Waals surface area contributed by atoms with Crippen molar-refractivity contribution in [2.75, 3.05) is 0 Å². The van der Waals surface area contributed by atoms with E-state index in [4.69, 9.17) is 5.26 Å². The Morgan fingerprint density at radius 2 is 2.22 bits per heavy atom. The van der Waals surface area contributed by atoms with Crippen LogP contribution in [0.4, 0.5) is 0 Å². The molecule has 0 unspecified atom stereocenters. The third-order valence-corrected chi connectivity index (χ3v) is 3.16. The molecule has 0 radical (unpaired) electrons. The van der Waals surface area contributed by atoms with Crippen LogP contribution in [0.3, 0.4) is 0 Å². The number of hydrogen-bond acceptors (Lipinski definition) is 3. The molecule has 1 amide bonds. The van der Waals surface area contributed by atoms with Crippen molar-refractivity contribution in [2.45, 2.75) is 38.3 Å². The molecule has 0 saturated heterocycles. The van der Waals surface area contributed by atoms with Crippen LogP contribution in [0.2, 0.25) is 0 Å². The van der Waals surface area contributed by atoms with Crippen molar-refractivity contribution in [1.29, 1.82) is 5.26 Å². The molecule has 0 bridgehead atoms. The predicted octanol–water partition coefficient (Wildman–Crippen LogP) is 0.779. The molecule has 2 rings (SSSR count). The molecule has 1 heterocycles. The molecule has 0 atom stereocenters. The van der Waals surface area contributed by atoms with Crippen LogP contribution in [0.1, 0.15) is 31.2 Å². The van der Waals surface area contributed by atoms with Crippen LogP contribution >= 0.6 is 0 Å². The summed E-state index contributed by atoms with van der Waals surface area (Å²) in [6, 6.07) is 4.92. The van der Waals surface area contributed by atoms with Crippen molar-refractivity contribution in [3.05, 3.63) is 34.2 Å². The third kappa shape index (κ3) is 2.98. The first-order valence-corrected chi connectivity index (χ1v) is 6.09. The quantitative estimate of drug-likeness (QED) is 0.855. The highest BCUT2D eigenvalue weighted by Gasteiger charge is 2.17. The molecule has 0 spiro atoms. The maximum atomic E-state index is 11.7. The van der Waals surface area contributed by atoms with E-state index < -0.39 is 0 Å². The Morgan fingerprint density at radius 1 is 1.50 bits per heavy atom. The standard InChI is InChI=1S/C13H15N3O2/c14-8-10-5-6-16(13(18)7-10)9-12(17)15-11-3-1-2-4-11/h5-7,11H,1-4,9H2,(H,15,17). The minimum absolute atomic E-state index is 0.0149. The number of aromatic nitrogens is 1. The van der Waals surface area contributed by atoms with E-state index in [2.05, 4.69) is 5.32 Å². The van der Waals surface area contributed by atoms with Gasteiger partial charge in [-0.25, -0.2) is 0 Å². The predicted molar refractivity (Wildman–Crippen MR) is 65.8 cm³/mol. The second kappa shape index (κ2) is 5.50. The van der Waals surface area contributed by atoms with Crippen LogP contribution in [0.15, 0.2) is 23.1 Å². The highest BCUT2D eigenvalue weighted by atomic mass is 16.2. The average molecular weight is 245 g/mol. The van der Waals surface area contributed by atoms with Crippen LogP contribution in [0.25, 0.3) is 0 Å². The van der Waals surface area contributed by atoms with Crippen LogP contribution in [-0.4, -0.2) is 16.5 Å². The van der Waals surface area contributed by atoms with Crippen molar-refractivity contribution in [3.8, 4) is 6.07 Å². The first kappa shape index (κ1) is 12.4. The summed E-state index contributed by atoms with van der Waals surface area (Å²) in [7, 11) is 0. The summed E-state index contributed by atoms with van der Waals surface area (Å²) in [5.41, 5.74) is -0.0110. The molecule has 1 saturated carbocycles. The Morgan fingerprint density at radius 3 is 2.83 bits per heavy atom. The molecule has 18 heavy (non-hydrogen) atoms. The SMILES string of the molecule is N#Cc1ccn(CC(=O)NC2CCCC2)c(=O)c1. The molecule has 0 aromatic carbocycles. The molecule has 5 nitrogen and oxygen atoms in total. The van der Waals surface area contributed by atoms with Gasteiger partial charge in [-0.3, -0.25) is 9.59 Å².